The Balaban J connectivity index is 3.36. The zero-order valence-electron chi connectivity index (χ0n) is 9.19. The highest BCUT2D eigenvalue weighted by atomic mass is 19.4. The molecule has 19 heavy (non-hydrogen) atoms. The molecule has 0 aliphatic rings. The first kappa shape index (κ1) is 15.3. The van der Waals surface area contributed by atoms with Crippen LogP contribution >= 0.6 is 0 Å². The van der Waals surface area contributed by atoms with Gasteiger partial charge in [-0.25, -0.2) is 4.39 Å². The van der Waals surface area contributed by atoms with Gasteiger partial charge in [0.25, 0.3) is 0 Å². The summed E-state index contributed by atoms with van der Waals surface area (Å²) in [6.07, 6.45) is -10.2. The summed E-state index contributed by atoms with van der Waals surface area (Å²) in [4.78, 5) is 2.89. The minimum Gasteiger partial charge on any atom is -0.480 e. The second-order valence-corrected chi connectivity index (χ2v) is 3.19. The molecule has 1 aromatic heterocycles. The van der Waals surface area contributed by atoms with E-state index in [9.17, 15) is 30.7 Å². The lowest BCUT2D eigenvalue weighted by Crippen LogP contribution is -2.20. The Morgan fingerprint density at radius 2 is 1.68 bits per heavy atom. The van der Waals surface area contributed by atoms with Gasteiger partial charge in [-0.05, 0) is 6.07 Å². The molecule has 10 heteroatoms. The predicted molar refractivity (Wildman–Crippen MR) is 47.3 cm³/mol. The molecule has 0 spiro atoms. The third kappa shape index (κ3) is 3.86. The predicted octanol–water partition coefficient (Wildman–Crippen LogP) is 3.48. The number of hydrogen-bond acceptors (Lipinski definition) is 3. The quantitative estimate of drug-likeness (QED) is 0.800. The SMILES string of the molecule is COc1nc(OC(F)(F)F)c(CF)cc1C(F)(F)F. The fraction of sp³-hybridized carbons (Fsp3) is 0.444. The zero-order chi connectivity index (χ0) is 14.8. The van der Waals surface area contributed by atoms with Crippen molar-refractivity contribution in [2.24, 2.45) is 0 Å². The van der Waals surface area contributed by atoms with Crippen molar-refractivity contribution < 1.29 is 40.2 Å². The molecule has 0 aliphatic carbocycles. The first-order chi connectivity index (χ1) is 8.58. The highest BCUT2D eigenvalue weighted by Crippen LogP contribution is 2.39. The van der Waals surface area contributed by atoms with E-state index in [1.807, 2.05) is 0 Å². The van der Waals surface area contributed by atoms with E-state index in [1.54, 1.807) is 0 Å². The molecule has 108 valence electrons. The van der Waals surface area contributed by atoms with Crippen LogP contribution in [-0.4, -0.2) is 18.5 Å². The van der Waals surface area contributed by atoms with Gasteiger partial charge >= 0.3 is 12.5 Å². The number of hydrogen-bond donors (Lipinski definition) is 0. The van der Waals surface area contributed by atoms with E-state index in [0.29, 0.717) is 0 Å². The van der Waals surface area contributed by atoms with Crippen LogP contribution in [-0.2, 0) is 12.9 Å². The van der Waals surface area contributed by atoms with Gasteiger partial charge in [0.1, 0.15) is 12.2 Å². The van der Waals surface area contributed by atoms with E-state index >= 15 is 0 Å². The fourth-order valence-electron chi connectivity index (χ4n) is 1.17. The van der Waals surface area contributed by atoms with Crippen molar-refractivity contribution in [1.29, 1.82) is 0 Å². The summed E-state index contributed by atoms with van der Waals surface area (Å²) in [7, 11) is 0.782. The third-order valence-corrected chi connectivity index (χ3v) is 1.88. The van der Waals surface area contributed by atoms with Crippen LogP contribution in [0.15, 0.2) is 6.07 Å². The van der Waals surface area contributed by atoms with Crippen molar-refractivity contribution in [3.05, 3.63) is 17.2 Å². The van der Waals surface area contributed by atoms with Crippen molar-refractivity contribution in [3.8, 4) is 11.8 Å². The van der Waals surface area contributed by atoms with Crippen molar-refractivity contribution in [2.45, 2.75) is 19.2 Å². The number of pyridine rings is 1. The molecule has 0 radical (unpaired) electrons. The van der Waals surface area contributed by atoms with Crippen LogP contribution in [0.4, 0.5) is 30.7 Å². The molecule has 1 aromatic rings. The van der Waals surface area contributed by atoms with Gasteiger partial charge in [0, 0.05) is 5.56 Å². The van der Waals surface area contributed by atoms with Gasteiger partial charge < -0.3 is 9.47 Å². The molecule has 0 fully saturated rings. The number of alkyl halides is 7. The highest BCUT2D eigenvalue weighted by Gasteiger charge is 2.38. The van der Waals surface area contributed by atoms with E-state index in [-0.39, 0.29) is 6.07 Å². The number of rotatable bonds is 3. The van der Waals surface area contributed by atoms with E-state index in [0.717, 1.165) is 7.11 Å². The lowest BCUT2D eigenvalue weighted by atomic mass is 10.2. The molecule has 0 saturated carbocycles. The van der Waals surface area contributed by atoms with Gasteiger partial charge in [0.05, 0.1) is 7.11 Å². The topological polar surface area (TPSA) is 31.4 Å². The first-order valence-electron chi connectivity index (χ1n) is 4.55. The van der Waals surface area contributed by atoms with Crippen molar-refractivity contribution in [1.82, 2.24) is 4.98 Å². The Labute approximate surface area is 101 Å². The van der Waals surface area contributed by atoms with Crippen LogP contribution in [0.3, 0.4) is 0 Å². The van der Waals surface area contributed by atoms with Gasteiger partial charge in [0.2, 0.25) is 11.8 Å². The standard InChI is InChI=1S/C9H6F7NO2/c1-18-7-5(8(11,12)13)2-4(3-10)6(17-7)19-9(14,15)16/h2H,3H2,1H3. The summed E-state index contributed by atoms with van der Waals surface area (Å²) in [5, 5.41) is 0. The summed E-state index contributed by atoms with van der Waals surface area (Å²) in [6.45, 7) is -1.61. The fourth-order valence-corrected chi connectivity index (χ4v) is 1.17. The van der Waals surface area contributed by atoms with Crippen LogP contribution < -0.4 is 9.47 Å². The maximum atomic E-state index is 12.5. The number of ether oxygens (including phenoxy) is 2. The number of methoxy groups -OCH3 is 1. The minimum atomic E-state index is -5.21. The summed E-state index contributed by atoms with van der Waals surface area (Å²) in [5.41, 5.74) is -2.47. The maximum absolute atomic E-state index is 12.5. The lowest BCUT2D eigenvalue weighted by Gasteiger charge is -2.15. The molecule has 0 saturated heterocycles. The molecule has 0 amide bonds. The molecule has 0 N–H and O–H groups in total. The Bertz CT molecular complexity index is 455. The maximum Gasteiger partial charge on any atom is 0.574 e. The third-order valence-electron chi connectivity index (χ3n) is 1.88. The van der Waals surface area contributed by atoms with E-state index < -0.39 is 42.1 Å². The van der Waals surface area contributed by atoms with Crippen LogP contribution in [0, 0.1) is 0 Å². The van der Waals surface area contributed by atoms with Gasteiger partial charge in [-0.2, -0.15) is 18.2 Å². The smallest absolute Gasteiger partial charge is 0.480 e. The molecule has 3 nitrogen and oxygen atoms in total. The average molecular weight is 293 g/mol. The summed E-state index contributed by atoms with van der Waals surface area (Å²) in [6, 6.07) is 0.160. The normalized spacial score (nSPS) is 12.4. The molecular formula is C9H6F7NO2. The molecule has 1 rings (SSSR count). The van der Waals surface area contributed by atoms with Crippen molar-refractivity contribution in [2.75, 3.05) is 7.11 Å². The van der Waals surface area contributed by atoms with Crippen LogP contribution in [0.2, 0.25) is 0 Å². The molecule has 1 heterocycles. The molecular weight excluding hydrogens is 287 g/mol. The van der Waals surface area contributed by atoms with Gasteiger partial charge in [-0.15, -0.1) is 13.2 Å². The van der Waals surface area contributed by atoms with Crippen molar-refractivity contribution >= 4 is 0 Å². The number of aromatic nitrogens is 1. The van der Waals surface area contributed by atoms with Crippen LogP contribution in [0.25, 0.3) is 0 Å². The van der Waals surface area contributed by atoms with Gasteiger partial charge in [0.15, 0.2) is 0 Å². The Morgan fingerprint density at radius 1 is 1.11 bits per heavy atom. The first-order valence-corrected chi connectivity index (χ1v) is 4.55. The molecule has 0 bridgehead atoms. The van der Waals surface area contributed by atoms with Gasteiger partial charge in [-0.3, -0.25) is 0 Å². The molecule has 0 unspecified atom stereocenters. The monoisotopic (exact) mass is 293 g/mol. The molecule has 0 aromatic carbocycles. The van der Waals surface area contributed by atoms with Crippen LogP contribution in [0.5, 0.6) is 11.8 Å². The Hall–Kier alpha value is -1.74. The van der Waals surface area contributed by atoms with E-state index in [1.165, 1.54) is 0 Å². The summed E-state index contributed by atoms with van der Waals surface area (Å²) < 4.78 is 93.5. The zero-order valence-corrected chi connectivity index (χ0v) is 9.19. The largest absolute Gasteiger partial charge is 0.574 e. The molecule has 0 aliphatic heterocycles. The van der Waals surface area contributed by atoms with Gasteiger partial charge in [-0.1, -0.05) is 0 Å². The number of nitrogens with zero attached hydrogens (tertiary/aromatic N) is 1. The second kappa shape index (κ2) is 5.10. The van der Waals surface area contributed by atoms with E-state index in [4.69, 9.17) is 0 Å². The average Bonchev–Trinajstić information content (AvgIpc) is 2.24. The highest BCUT2D eigenvalue weighted by molar-refractivity contribution is 5.39. The Morgan fingerprint density at radius 3 is 2.05 bits per heavy atom. The van der Waals surface area contributed by atoms with Crippen LogP contribution in [0.1, 0.15) is 11.1 Å². The van der Waals surface area contributed by atoms with E-state index in [2.05, 4.69) is 14.5 Å². The lowest BCUT2D eigenvalue weighted by molar-refractivity contribution is -0.276. The summed E-state index contributed by atoms with van der Waals surface area (Å²) >= 11 is 0. The number of halogens is 7. The van der Waals surface area contributed by atoms with Crippen molar-refractivity contribution in [3.63, 3.8) is 0 Å². The summed E-state index contributed by atoms with van der Waals surface area (Å²) in [5.74, 6) is -2.45. The second-order valence-electron chi connectivity index (χ2n) is 3.19. The minimum absolute atomic E-state index is 0.160. The Kier molecular flexibility index (Phi) is 4.11. The molecule has 0 atom stereocenters.